The number of rotatable bonds is 4. The molecule has 0 fully saturated rings. The van der Waals surface area contributed by atoms with E-state index >= 15 is 0 Å². The lowest BCUT2D eigenvalue weighted by Gasteiger charge is -2.18. The molecular formula is C18H25N3O. The molecule has 0 aliphatic carbocycles. The fourth-order valence-electron chi connectivity index (χ4n) is 2.22. The number of aromatic nitrogens is 2. The fourth-order valence-corrected chi connectivity index (χ4v) is 2.22. The molecule has 0 saturated carbocycles. The number of anilines is 1. The molecule has 1 amide bonds. The first-order chi connectivity index (χ1) is 10.3. The first-order valence-electron chi connectivity index (χ1n) is 7.71. The van der Waals surface area contributed by atoms with Gasteiger partial charge in [0.05, 0.1) is 17.4 Å². The third-order valence-corrected chi connectivity index (χ3v) is 3.39. The second-order valence-corrected chi connectivity index (χ2v) is 7.09. The summed E-state index contributed by atoms with van der Waals surface area (Å²) in [6.45, 7) is 10.6. The highest BCUT2D eigenvalue weighted by Crippen LogP contribution is 2.17. The maximum atomic E-state index is 12.3. The second kappa shape index (κ2) is 6.34. The maximum Gasteiger partial charge on any atom is 0.255 e. The topological polar surface area (TPSA) is 46.9 Å². The van der Waals surface area contributed by atoms with Gasteiger partial charge in [-0.05, 0) is 50.8 Å². The molecule has 4 heteroatoms. The number of benzene rings is 1. The first kappa shape index (κ1) is 16.3. The molecule has 1 heterocycles. The first-order valence-corrected chi connectivity index (χ1v) is 7.71. The van der Waals surface area contributed by atoms with Crippen LogP contribution in [-0.4, -0.2) is 15.7 Å². The van der Waals surface area contributed by atoms with E-state index in [0.717, 1.165) is 6.42 Å². The lowest BCUT2D eigenvalue weighted by molar-refractivity contribution is 0.102. The Morgan fingerprint density at radius 3 is 2.36 bits per heavy atom. The van der Waals surface area contributed by atoms with Crippen LogP contribution in [0.3, 0.4) is 0 Å². The Kier molecular flexibility index (Phi) is 4.69. The third-order valence-electron chi connectivity index (χ3n) is 3.39. The molecule has 22 heavy (non-hydrogen) atoms. The lowest BCUT2D eigenvalue weighted by atomic mass is 10.0. The van der Waals surface area contributed by atoms with Gasteiger partial charge < -0.3 is 5.32 Å². The largest absolute Gasteiger partial charge is 0.319 e. The number of carbonyl (C=O) groups excluding carboxylic acids is 1. The molecule has 0 radical (unpaired) electrons. The van der Waals surface area contributed by atoms with E-state index in [1.54, 1.807) is 6.20 Å². The number of carbonyl (C=O) groups is 1. The third kappa shape index (κ3) is 4.20. The summed E-state index contributed by atoms with van der Waals surface area (Å²) in [7, 11) is 0. The zero-order valence-corrected chi connectivity index (χ0v) is 14.1. The van der Waals surface area contributed by atoms with Crippen molar-refractivity contribution in [3.8, 4) is 0 Å². The van der Waals surface area contributed by atoms with E-state index in [-0.39, 0.29) is 11.4 Å². The molecule has 118 valence electrons. The van der Waals surface area contributed by atoms with Gasteiger partial charge in [-0.1, -0.05) is 26.0 Å². The summed E-state index contributed by atoms with van der Waals surface area (Å²) in [5.41, 5.74) is 2.54. The average molecular weight is 299 g/mol. The Morgan fingerprint density at radius 2 is 1.86 bits per heavy atom. The van der Waals surface area contributed by atoms with E-state index in [1.807, 2.05) is 35.1 Å². The molecule has 4 nitrogen and oxygen atoms in total. The number of nitrogens with one attached hydrogen (secondary N) is 1. The Bertz CT molecular complexity index is 633. The van der Waals surface area contributed by atoms with Crippen molar-refractivity contribution in [2.75, 3.05) is 5.32 Å². The van der Waals surface area contributed by atoms with Gasteiger partial charge in [-0.3, -0.25) is 9.48 Å². The normalized spacial score (nSPS) is 11.7. The van der Waals surface area contributed by atoms with Crippen LogP contribution in [-0.2, 0) is 12.0 Å². The molecular weight excluding hydrogens is 274 g/mol. The zero-order valence-electron chi connectivity index (χ0n) is 14.1. The Morgan fingerprint density at radius 1 is 1.23 bits per heavy atom. The molecule has 0 aliphatic heterocycles. The predicted octanol–water partition coefficient (Wildman–Crippen LogP) is 4.09. The van der Waals surface area contributed by atoms with E-state index in [9.17, 15) is 4.79 Å². The number of hydrogen-bond donors (Lipinski definition) is 1. The minimum atomic E-state index is -0.107. The highest BCUT2D eigenvalue weighted by Gasteiger charge is 2.15. The fraction of sp³-hybridized carbons (Fsp3) is 0.444. The van der Waals surface area contributed by atoms with Crippen LogP contribution in [0.4, 0.5) is 5.69 Å². The van der Waals surface area contributed by atoms with Crippen LogP contribution < -0.4 is 5.32 Å². The SMILES string of the molecule is CC(C)Cc1ccc(C(=O)Nc2cnn(C(C)(C)C)c2)cc1. The van der Waals surface area contributed by atoms with Gasteiger partial charge >= 0.3 is 0 Å². The number of nitrogens with zero attached hydrogens (tertiary/aromatic N) is 2. The van der Waals surface area contributed by atoms with Crippen LogP contribution in [0.1, 0.15) is 50.5 Å². The van der Waals surface area contributed by atoms with Crippen LogP contribution >= 0.6 is 0 Å². The second-order valence-electron chi connectivity index (χ2n) is 7.09. The van der Waals surface area contributed by atoms with Crippen molar-refractivity contribution in [2.45, 2.75) is 46.6 Å². The van der Waals surface area contributed by atoms with Gasteiger partial charge in [-0.15, -0.1) is 0 Å². The molecule has 0 saturated heterocycles. The minimum absolute atomic E-state index is 0.0958. The summed E-state index contributed by atoms with van der Waals surface area (Å²) >= 11 is 0. The van der Waals surface area contributed by atoms with Crippen molar-refractivity contribution in [3.63, 3.8) is 0 Å². The van der Waals surface area contributed by atoms with Gasteiger partial charge in [0.25, 0.3) is 5.91 Å². The summed E-state index contributed by atoms with van der Waals surface area (Å²) in [6.07, 6.45) is 4.56. The van der Waals surface area contributed by atoms with E-state index in [2.05, 4.69) is 45.0 Å². The molecule has 2 rings (SSSR count). The summed E-state index contributed by atoms with van der Waals surface area (Å²) in [4.78, 5) is 12.3. The van der Waals surface area contributed by atoms with E-state index in [0.29, 0.717) is 17.2 Å². The number of hydrogen-bond acceptors (Lipinski definition) is 2. The average Bonchev–Trinajstić information content (AvgIpc) is 2.87. The van der Waals surface area contributed by atoms with Crippen LogP contribution in [0.5, 0.6) is 0 Å². The Labute approximate surface area is 132 Å². The van der Waals surface area contributed by atoms with Crippen molar-refractivity contribution in [1.82, 2.24) is 9.78 Å². The van der Waals surface area contributed by atoms with Crippen LogP contribution in [0.2, 0.25) is 0 Å². The highest BCUT2D eigenvalue weighted by molar-refractivity contribution is 6.04. The Hall–Kier alpha value is -2.10. The predicted molar refractivity (Wildman–Crippen MR) is 90.2 cm³/mol. The quantitative estimate of drug-likeness (QED) is 0.924. The summed E-state index contributed by atoms with van der Waals surface area (Å²) in [5, 5.41) is 7.17. The van der Waals surface area contributed by atoms with Crippen molar-refractivity contribution in [3.05, 3.63) is 47.8 Å². The molecule has 1 aromatic carbocycles. The standard InChI is InChI=1S/C18H25N3O/c1-13(2)10-14-6-8-15(9-7-14)17(22)20-16-11-19-21(12-16)18(3,4)5/h6-9,11-13H,10H2,1-5H3,(H,20,22). The van der Waals surface area contributed by atoms with Gasteiger partial charge in [0.2, 0.25) is 0 Å². The minimum Gasteiger partial charge on any atom is -0.319 e. The smallest absolute Gasteiger partial charge is 0.255 e. The zero-order chi connectivity index (χ0) is 16.3. The molecule has 2 aromatic rings. The van der Waals surface area contributed by atoms with Gasteiger partial charge in [0, 0.05) is 11.8 Å². The van der Waals surface area contributed by atoms with E-state index < -0.39 is 0 Å². The van der Waals surface area contributed by atoms with E-state index in [1.165, 1.54) is 5.56 Å². The van der Waals surface area contributed by atoms with Crippen molar-refractivity contribution >= 4 is 11.6 Å². The summed E-state index contributed by atoms with van der Waals surface area (Å²) < 4.78 is 1.84. The summed E-state index contributed by atoms with van der Waals surface area (Å²) in [6, 6.07) is 7.80. The van der Waals surface area contributed by atoms with Crippen molar-refractivity contribution in [1.29, 1.82) is 0 Å². The molecule has 1 N–H and O–H groups in total. The Balaban J connectivity index is 2.04. The van der Waals surface area contributed by atoms with Crippen molar-refractivity contribution in [2.24, 2.45) is 5.92 Å². The maximum absolute atomic E-state index is 12.3. The highest BCUT2D eigenvalue weighted by atomic mass is 16.1. The van der Waals surface area contributed by atoms with Gasteiger partial charge in [-0.25, -0.2) is 0 Å². The van der Waals surface area contributed by atoms with Crippen LogP contribution in [0, 0.1) is 5.92 Å². The number of amides is 1. The monoisotopic (exact) mass is 299 g/mol. The van der Waals surface area contributed by atoms with Crippen molar-refractivity contribution < 1.29 is 4.79 Å². The van der Waals surface area contributed by atoms with E-state index in [4.69, 9.17) is 0 Å². The lowest BCUT2D eigenvalue weighted by Crippen LogP contribution is -2.22. The molecule has 0 atom stereocenters. The van der Waals surface area contributed by atoms with Crippen LogP contribution in [0.15, 0.2) is 36.7 Å². The van der Waals surface area contributed by atoms with Crippen LogP contribution in [0.25, 0.3) is 0 Å². The van der Waals surface area contributed by atoms with Gasteiger partial charge in [0.15, 0.2) is 0 Å². The molecule has 0 aliphatic rings. The molecule has 0 unspecified atom stereocenters. The molecule has 0 spiro atoms. The van der Waals surface area contributed by atoms with Gasteiger partial charge in [-0.2, -0.15) is 5.10 Å². The molecule has 0 bridgehead atoms. The van der Waals surface area contributed by atoms with Gasteiger partial charge in [0.1, 0.15) is 0 Å². The summed E-state index contributed by atoms with van der Waals surface area (Å²) in [5.74, 6) is 0.507. The molecule has 1 aromatic heterocycles.